The van der Waals surface area contributed by atoms with E-state index in [0.717, 1.165) is 5.30 Å². The first-order valence-electron chi connectivity index (χ1n) is 7.57. The van der Waals surface area contributed by atoms with Gasteiger partial charge in [-0.05, 0) is 6.92 Å². The van der Waals surface area contributed by atoms with Gasteiger partial charge in [-0.15, -0.1) is 0 Å². The highest BCUT2D eigenvalue weighted by molar-refractivity contribution is 8.16. The van der Waals surface area contributed by atoms with Crippen molar-refractivity contribution in [1.29, 1.82) is 0 Å². The van der Waals surface area contributed by atoms with Crippen molar-refractivity contribution in [2.45, 2.75) is 38.9 Å². The third-order valence-electron chi connectivity index (χ3n) is 3.72. The van der Waals surface area contributed by atoms with Crippen molar-refractivity contribution in [3.05, 3.63) is 66.2 Å². The molecule has 0 spiro atoms. The Hall–Kier alpha value is -0.990. The maximum absolute atomic E-state index is 6.30. The van der Waals surface area contributed by atoms with E-state index in [1.165, 1.54) is 5.56 Å². The molecule has 0 bridgehead atoms. The summed E-state index contributed by atoms with van der Waals surface area (Å²) in [6.45, 7) is 8.65. The largest absolute Gasteiger partial charge is 0.191 e. The second-order valence-electron chi connectivity index (χ2n) is 6.50. The molecule has 0 amide bonds. The average Bonchev–Trinajstić information content (AvgIpc) is 2.53. The maximum Gasteiger partial charge on any atom is 0.164 e. The number of rotatable bonds is 5. The molecule has 0 radical (unpaired) electrons. The van der Waals surface area contributed by atoms with Crippen LogP contribution in [0.3, 0.4) is 0 Å². The van der Waals surface area contributed by atoms with E-state index in [1.54, 1.807) is 0 Å². The van der Waals surface area contributed by atoms with Crippen molar-refractivity contribution in [1.82, 2.24) is 0 Å². The zero-order chi connectivity index (χ0) is 16.2. The smallest absolute Gasteiger partial charge is 0.164 e. The molecule has 22 heavy (non-hydrogen) atoms. The van der Waals surface area contributed by atoms with E-state index < -0.39 is 6.26 Å². The molecule has 0 heterocycles. The first kappa shape index (κ1) is 17.4. The van der Waals surface area contributed by atoms with Crippen LogP contribution in [0, 0.1) is 0 Å². The fourth-order valence-electron chi connectivity index (χ4n) is 2.24. The summed E-state index contributed by atoms with van der Waals surface area (Å²) in [4.78, 5) is 0. The van der Waals surface area contributed by atoms with Gasteiger partial charge in [0.2, 0.25) is 0 Å². The van der Waals surface area contributed by atoms with E-state index in [4.69, 9.17) is 16.4 Å². The highest BCUT2D eigenvalue weighted by atomic mass is 32.4. The third kappa shape index (κ3) is 3.85. The normalized spacial score (nSPS) is 16.0. The fraction of sp³-hybridized carbons (Fsp3) is 0.333. The van der Waals surface area contributed by atoms with E-state index in [9.17, 15) is 0 Å². The fourth-order valence-corrected chi connectivity index (χ4v) is 4.89. The van der Waals surface area contributed by atoms with Crippen LogP contribution in [0.4, 0.5) is 0 Å². The monoisotopic (exact) mass is 334 g/mol. The first-order valence-corrected chi connectivity index (χ1v) is 10.3. The minimum atomic E-state index is -2.15. The predicted octanol–water partition coefficient (Wildman–Crippen LogP) is 3.76. The Bertz CT molecular complexity index is 637. The van der Waals surface area contributed by atoms with E-state index in [2.05, 4.69) is 64.1 Å². The lowest BCUT2D eigenvalue weighted by atomic mass is 10.1. The lowest BCUT2D eigenvalue weighted by Gasteiger charge is -2.33. The van der Waals surface area contributed by atoms with Gasteiger partial charge in [-0.2, -0.15) is 10.1 Å². The van der Waals surface area contributed by atoms with E-state index in [0.29, 0.717) is 0 Å². The number of hydrogen-bond donors (Lipinski definition) is 1. The van der Waals surface area contributed by atoms with Crippen LogP contribution in [0.2, 0.25) is 0 Å². The van der Waals surface area contributed by atoms with E-state index >= 15 is 0 Å². The van der Waals surface area contributed by atoms with Crippen LogP contribution < -0.4 is 10.8 Å². The summed E-state index contributed by atoms with van der Waals surface area (Å²) in [5.74, 6) is 0. The first-order chi connectivity index (χ1) is 10.3. The van der Waals surface area contributed by atoms with Gasteiger partial charge in [0.15, 0.2) is 6.26 Å². The molecule has 0 aromatic heterocycles. The number of hydrogen-bond acceptors (Lipinski definition) is 2. The van der Waals surface area contributed by atoms with Gasteiger partial charge in [-0.25, -0.2) is 0 Å². The standard InChI is InChI=1S/C18H24NOPS/c1-15(16-11-7-5-8-12-16)19-20-21(22,18(2,3)4)17-13-9-6-10-14-17/h5-15,19H,1-4H3/p+1. The van der Waals surface area contributed by atoms with Crippen molar-refractivity contribution in [3.63, 3.8) is 0 Å². The van der Waals surface area contributed by atoms with Crippen LogP contribution in [-0.4, -0.2) is 5.16 Å². The molecule has 0 fully saturated rings. The summed E-state index contributed by atoms with van der Waals surface area (Å²) >= 11 is 6.03. The molecule has 0 saturated carbocycles. The lowest BCUT2D eigenvalue weighted by Crippen LogP contribution is -2.83. The summed E-state index contributed by atoms with van der Waals surface area (Å²) in [5, 5.41) is 1.05. The Kier molecular flexibility index (Phi) is 5.57. The molecule has 2 nitrogen and oxygen atoms in total. The van der Waals surface area contributed by atoms with E-state index in [-0.39, 0.29) is 11.2 Å². The third-order valence-corrected chi connectivity index (χ3v) is 9.41. The van der Waals surface area contributed by atoms with E-state index in [1.807, 2.05) is 29.7 Å². The molecule has 2 aromatic rings. The maximum atomic E-state index is 6.30. The number of quaternary nitrogens is 1. The Morgan fingerprint density at radius 2 is 1.45 bits per heavy atom. The molecule has 0 aliphatic carbocycles. The van der Waals surface area contributed by atoms with Crippen LogP contribution in [0.5, 0.6) is 0 Å². The van der Waals surface area contributed by atoms with Gasteiger partial charge in [0.25, 0.3) is 0 Å². The Morgan fingerprint density at radius 3 is 1.95 bits per heavy atom. The van der Waals surface area contributed by atoms with Crippen LogP contribution in [-0.2, 0) is 16.4 Å². The van der Waals surface area contributed by atoms with Gasteiger partial charge >= 0.3 is 0 Å². The highest BCUT2D eigenvalue weighted by Gasteiger charge is 2.38. The Labute approximate surface area is 139 Å². The van der Waals surface area contributed by atoms with Gasteiger partial charge in [-0.1, -0.05) is 93.2 Å². The summed E-state index contributed by atoms with van der Waals surface area (Å²) in [5.41, 5.74) is 3.17. The SMILES string of the molecule is CC([NH2+]OP(=S)(c1ccccc1)C(C)(C)C)c1ccccc1. The summed E-state index contributed by atoms with van der Waals surface area (Å²) < 4.78 is 6.30. The lowest BCUT2D eigenvalue weighted by molar-refractivity contribution is -0.887. The molecule has 2 N–H and O–H groups in total. The van der Waals surface area contributed by atoms with Gasteiger partial charge < -0.3 is 0 Å². The van der Waals surface area contributed by atoms with Crippen molar-refractivity contribution in [2.24, 2.45) is 0 Å². The molecule has 2 rings (SSSR count). The van der Waals surface area contributed by atoms with Crippen molar-refractivity contribution < 1.29 is 10.1 Å². The summed E-state index contributed by atoms with van der Waals surface area (Å²) in [6, 6.07) is 20.9. The zero-order valence-corrected chi connectivity index (χ0v) is 15.4. The summed E-state index contributed by atoms with van der Waals surface area (Å²) in [6.07, 6.45) is -2.15. The molecule has 2 atom stereocenters. The number of hydroxylamine groups is 1. The molecular formula is C18H25NOPS+. The molecule has 2 aromatic carbocycles. The average molecular weight is 334 g/mol. The second-order valence-corrected chi connectivity index (χ2v) is 11.2. The van der Waals surface area contributed by atoms with Gasteiger partial charge in [0, 0.05) is 16.0 Å². The second kappa shape index (κ2) is 7.06. The number of benzene rings is 2. The van der Waals surface area contributed by atoms with Crippen molar-refractivity contribution in [2.75, 3.05) is 0 Å². The Morgan fingerprint density at radius 1 is 0.955 bits per heavy atom. The van der Waals surface area contributed by atoms with Crippen LogP contribution in [0.25, 0.3) is 0 Å². The molecule has 118 valence electrons. The predicted molar refractivity (Wildman–Crippen MR) is 98.0 cm³/mol. The van der Waals surface area contributed by atoms with Gasteiger partial charge in [-0.3, -0.25) is 0 Å². The topological polar surface area (TPSA) is 25.8 Å². The quantitative estimate of drug-likeness (QED) is 0.665. The van der Waals surface area contributed by atoms with Gasteiger partial charge in [0.05, 0.1) is 0 Å². The Balaban J connectivity index is 2.21. The van der Waals surface area contributed by atoms with Crippen molar-refractivity contribution >= 4 is 23.4 Å². The molecule has 0 saturated heterocycles. The van der Waals surface area contributed by atoms with Crippen LogP contribution in [0.15, 0.2) is 60.7 Å². The zero-order valence-electron chi connectivity index (χ0n) is 13.7. The summed E-state index contributed by atoms with van der Waals surface area (Å²) in [7, 11) is 0. The van der Waals surface area contributed by atoms with Crippen LogP contribution in [0.1, 0.15) is 39.3 Å². The minimum absolute atomic E-state index is 0.0867. The molecule has 0 aliphatic rings. The highest BCUT2D eigenvalue weighted by Crippen LogP contribution is 2.56. The number of nitrogens with two attached hydrogens (primary N) is 1. The van der Waals surface area contributed by atoms with Gasteiger partial charge in [0.1, 0.15) is 6.04 Å². The minimum Gasteiger partial charge on any atom is -0.191 e. The molecule has 2 unspecified atom stereocenters. The molecule has 4 heteroatoms. The van der Waals surface area contributed by atoms with Crippen LogP contribution >= 0.6 is 6.26 Å². The molecule has 0 aliphatic heterocycles. The molecular weight excluding hydrogens is 309 g/mol. The van der Waals surface area contributed by atoms with Crippen molar-refractivity contribution in [3.8, 4) is 0 Å².